The van der Waals surface area contributed by atoms with E-state index in [-0.39, 0.29) is 0 Å². The van der Waals surface area contributed by atoms with Crippen molar-refractivity contribution in [2.24, 2.45) is 0 Å². The number of aldehydes is 1. The number of hydrogen-bond acceptors (Lipinski definition) is 4. The number of rotatable bonds is 2. The van der Waals surface area contributed by atoms with Crippen molar-refractivity contribution in [3.8, 4) is 11.3 Å². The van der Waals surface area contributed by atoms with Crippen molar-refractivity contribution in [3.63, 3.8) is 0 Å². The fourth-order valence-corrected chi connectivity index (χ4v) is 3.09. The van der Waals surface area contributed by atoms with Gasteiger partial charge in [-0.3, -0.25) is 4.79 Å². The van der Waals surface area contributed by atoms with E-state index in [0.717, 1.165) is 11.3 Å². The van der Waals surface area contributed by atoms with Crippen molar-refractivity contribution in [2.45, 2.75) is 6.92 Å². The summed E-state index contributed by atoms with van der Waals surface area (Å²) in [6, 6.07) is 5.08. The molecule has 7 heteroatoms. The van der Waals surface area contributed by atoms with Crippen LogP contribution in [0.15, 0.2) is 18.2 Å². The summed E-state index contributed by atoms with van der Waals surface area (Å²) >= 11 is 13.4. The van der Waals surface area contributed by atoms with Gasteiger partial charge in [-0.05, 0) is 25.1 Å². The smallest absolute Gasteiger partial charge is 0.213 e. The number of benzene rings is 1. The molecule has 0 radical (unpaired) electrons. The van der Waals surface area contributed by atoms with Crippen LogP contribution in [0.3, 0.4) is 0 Å². The molecular formula is C12H7Cl2N3OS. The summed E-state index contributed by atoms with van der Waals surface area (Å²) in [6.07, 6.45) is 0.736. The lowest BCUT2D eigenvalue weighted by molar-refractivity contribution is 0.111. The Hall–Kier alpha value is -1.43. The van der Waals surface area contributed by atoms with Gasteiger partial charge in [0.2, 0.25) is 4.96 Å². The highest BCUT2D eigenvalue weighted by Crippen LogP contribution is 2.32. The summed E-state index contributed by atoms with van der Waals surface area (Å²) in [5.41, 5.74) is 1.59. The second-order valence-electron chi connectivity index (χ2n) is 3.90. The number of aromatic nitrogens is 3. The van der Waals surface area contributed by atoms with Gasteiger partial charge in [-0.15, -0.1) is 0 Å². The normalized spacial score (nSPS) is 11.1. The summed E-state index contributed by atoms with van der Waals surface area (Å²) in [5, 5.41) is 6.09. The largest absolute Gasteiger partial charge is 0.296 e. The van der Waals surface area contributed by atoms with E-state index in [2.05, 4.69) is 10.1 Å². The number of carbonyl (C=O) groups excluding carboxylic acids is 1. The predicted molar refractivity (Wildman–Crippen MR) is 76.4 cm³/mol. The van der Waals surface area contributed by atoms with Crippen molar-refractivity contribution in [3.05, 3.63) is 38.9 Å². The molecule has 0 fully saturated rings. The Morgan fingerprint density at radius 1 is 1.37 bits per heavy atom. The minimum atomic E-state index is 0.392. The number of imidazole rings is 1. The molecule has 0 aliphatic carbocycles. The highest BCUT2D eigenvalue weighted by Gasteiger charge is 2.18. The first-order valence-corrected chi connectivity index (χ1v) is 6.94. The van der Waals surface area contributed by atoms with Crippen LogP contribution in [0.1, 0.15) is 15.5 Å². The molecule has 0 N–H and O–H groups in total. The van der Waals surface area contributed by atoms with Crippen LogP contribution in [0.5, 0.6) is 0 Å². The summed E-state index contributed by atoms with van der Waals surface area (Å²) in [4.78, 5) is 16.4. The van der Waals surface area contributed by atoms with Gasteiger partial charge in [0.1, 0.15) is 16.4 Å². The molecule has 2 heterocycles. The van der Waals surface area contributed by atoms with Gasteiger partial charge < -0.3 is 0 Å². The molecule has 4 nitrogen and oxygen atoms in total. The Bertz CT molecular complexity index is 794. The van der Waals surface area contributed by atoms with Crippen molar-refractivity contribution in [1.82, 2.24) is 14.6 Å². The Morgan fingerprint density at radius 3 is 2.84 bits per heavy atom. The van der Waals surface area contributed by atoms with Gasteiger partial charge in [-0.25, -0.2) is 4.98 Å². The Balaban J connectivity index is 2.29. The number of halogens is 2. The SMILES string of the molecule is Cc1nn2c(C=O)c(-c3ccc(Cl)cc3Cl)nc2s1. The third-order valence-corrected chi connectivity index (χ3v) is 4.01. The molecule has 0 saturated heterocycles. The highest BCUT2D eigenvalue weighted by atomic mass is 35.5. The molecular weight excluding hydrogens is 305 g/mol. The van der Waals surface area contributed by atoms with Crippen LogP contribution in [0.25, 0.3) is 16.2 Å². The average molecular weight is 312 g/mol. The predicted octanol–water partition coefficient (Wildman–Crippen LogP) is 3.89. The lowest BCUT2D eigenvalue weighted by Crippen LogP contribution is -1.94. The first kappa shape index (κ1) is 12.6. The van der Waals surface area contributed by atoms with Gasteiger partial charge >= 0.3 is 0 Å². The molecule has 0 unspecified atom stereocenters. The van der Waals surface area contributed by atoms with Gasteiger partial charge in [-0.2, -0.15) is 9.61 Å². The van der Waals surface area contributed by atoms with Gasteiger partial charge in [0.25, 0.3) is 0 Å². The fourth-order valence-electron chi connectivity index (χ4n) is 1.85. The van der Waals surface area contributed by atoms with Gasteiger partial charge in [0.05, 0.1) is 5.02 Å². The first-order valence-electron chi connectivity index (χ1n) is 5.37. The maximum absolute atomic E-state index is 11.3. The molecule has 1 aromatic carbocycles. The number of carbonyl (C=O) groups is 1. The van der Waals surface area contributed by atoms with Gasteiger partial charge in [0, 0.05) is 10.6 Å². The average Bonchev–Trinajstić information content (AvgIpc) is 2.84. The number of hydrogen-bond donors (Lipinski definition) is 0. The van der Waals surface area contributed by atoms with E-state index in [1.807, 2.05) is 6.92 Å². The van der Waals surface area contributed by atoms with Crippen LogP contribution >= 0.6 is 34.5 Å². The zero-order valence-corrected chi connectivity index (χ0v) is 12.1. The highest BCUT2D eigenvalue weighted by molar-refractivity contribution is 7.16. The second kappa shape index (κ2) is 4.59. The van der Waals surface area contributed by atoms with E-state index in [1.54, 1.807) is 18.2 Å². The Kier molecular flexibility index (Phi) is 3.05. The Labute approximate surface area is 122 Å². The molecule has 0 bridgehead atoms. The third kappa shape index (κ3) is 2.04. The third-order valence-electron chi connectivity index (χ3n) is 2.64. The molecule has 0 amide bonds. The second-order valence-corrected chi connectivity index (χ2v) is 5.91. The van der Waals surface area contributed by atoms with E-state index in [9.17, 15) is 4.79 Å². The topological polar surface area (TPSA) is 47.3 Å². The molecule has 3 aromatic rings. The maximum Gasteiger partial charge on any atom is 0.213 e. The summed E-state index contributed by atoms with van der Waals surface area (Å²) in [7, 11) is 0. The van der Waals surface area contributed by atoms with Crippen LogP contribution in [-0.4, -0.2) is 20.9 Å². The molecule has 19 heavy (non-hydrogen) atoms. The van der Waals surface area contributed by atoms with Crippen molar-refractivity contribution >= 4 is 45.8 Å². The standard InChI is InChI=1S/C12H7Cl2N3OS/c1-6-16-17-10(5-18)11(15-12(17)19-6)8-3-2-7(13)4-9(8)14/h2-5H,1H3. The molecule has 2 aromatic heterocycles. The van der Waals surface area contributed by atoms with E-state index < -0.39 is 0 Å². The summed E-state index contributed by atoms with van der Waals surface area (Å²) in [5.74, 6) is 0. The van der Waals surface area contributed by atoms with Gasteiger partial charge in [-0.1, -0.05) is 34.5 Å². The monoisotopic (exact) mass is 311 g/mol. The summed E-state index contributed by atoms with van der Waals surface area (Å²) < 4.78 is 1.53. The lowest BCUT2D eigenvalue weighted by Gasteiger charge is -2.02. The maximum atomic E-state index is 11.3. The molecule has 0 spiro atoms. The lowest BCUT2D eigenvalue weighted by atomic mass is 10.1. The van der Waals surface area contributed by atoms with Gasteiger partial charge in [0.15, 0.2) is 6.29 Å². The van der Waals surface area contributed by atoms with Crippen LogP contribution in [-0.2, 0) is 0 Å². The fraction of sp³-hybridized carbons (Fsp3) is 0.0833. The molecule has 3 rings (SSSR count). The molecule has 0 saturated carbocycles. The van der Waals surface area contributed by atoms with E-state index >= 15 is 0 Å². The van der Waals surface area contributed by atoms with Crippen LogP contribution in [0.4, 0.5) is 0 Å². The minimum Gasteiger partial charge on any atom is -0.296 e. The van der Waals surface area contributed by atoms with E-state index in [4.69, 9.17) is 23.2 Å². The molecule has 0 aliphatic rings. The number of aryl methyl sites for hydroxylation is 1. The number of nitrogens with zero attached hydrogens (tertiary/aromatic N) is 3. The van der Waals surface area contributed by atoms with Crippen LogP contribution < -0.4 is 0 Å². The molecule has 96 valence electrons. The molecule has 0 atom stereocenters. The minimum absolute atomic E-state index is 0.392. The van der Waals surface area contributed by atoms with Crippen molar-refractivity contribution in [2.75, 3.05) is 0 Å². The van der Waals surface area contributed by atoms with E-state index in [1.165, 1.54) is 15.9 Å². The van der Waals surface area contributed by atoms with Crippen LogP contribution in [0, 0.1) is 6.92 Å². The van der Waals surface area contributed by atoms with Crippen LogP contribution in [0.2, 0.25) is 10.0 Å². The van der Waals surface area contributed by atoms with Crippen molar-refractivity contribution < 1.29 is 4.79 Å². The zero-order chi connectivity index (χ0) is 13.6. The quantitative estimate of drug-likeness (QED) is 0.675. The van der Waals surface area contributed by atoms with Crippen molar-refractivity contribution in [1.29, 1.82) is 0 Å². The van der Waals surface area contributed by atoms with E-state index in [0.29, 0.717) is 32.0 Å². The number of fused-ring (bicyclic) bond motifs is 1. The first-order chi connectivity index (χ1) is 9.10. The molecule has 0 aliphatic heterocycles. The Morgan fingerprint density at radius 2 is 2.16 bits per heavy atom. The summed E-state index contributed by atoms with van der Waals surface area (Å²) in [6.45, 7) is 1.86. The zero-order valence-electron chi connectivity index (χ0n) is 9.72.